The van der Waals surface area contributed by atoms with E-state index >= 15 is 0 Å². The van der Waals surface area contributed by atoms with E-state index in [9.17, 15) is 10.2 Å². The Morgan fingerprint density at radius 1 is 0.625 bits per heavy atom. The van der Waals surface area contributed by atoms with Crippen LogP contribution in [0.3, 0.4) is 0 Å². The van der Waals surface area contributed by atoms with Gasteiger partial charge in [-0.3, -0.25) is 0 Å². The predicted molar refractivity (Wildman–Crippen MR) is 135 cm³/mol. The van der Waals surface area contributed by atoms with Crippen LogP contribution in [0.2, 0.25) is 0 Å². The van der Waals surface area contributed by atoms with Gasteiger partial charge in [0.25, 0.3) is 0 Å². The van der Waals surface area contributed by atoms with Gasteiger partial charge in [-0.2, -0.15) is 0 Å². The molecular formula is C29H38O2S. The SMILES string of the molecule is Oc1ccc(C2(c3ccc(O)c(C4CCCCC4)c3)CCCCS2)cc1C1CCCCC1. The Hall–Kier alpha value is -1.61. The van der Waals surface area contributed by atoms with Crippen molar-refractivity contribution in [3.8, 4) is 11.5 Å². The highest BCUT2D eigenvalue weighted by Crippen LogP contribution is 2.53. The molecule has 0 bridgehead atoms. The molecule has 2 saturated carbocycles. The van der Waals surface area contributed by atoms with Crippen molar-refractivity contribution in [1.82, 2.24) is 0 Å². The number of aromatic hydroxyl groups is 2. The number of benzene rings is 2. The highest BCUT2D eigenvalue weighted by atomic mass is 32.2. The summed E-state index contributed by atoms with van der Waals surface area (Å²) in [6, 6.07) is 12.9. The second-order valence-corrected chi connectivity index (χ2v) is 11.7. The fourth-order valence-electron chi connectivity index (χ4n) is 6.51. The van der Waals surface area contributed by atoms with Gasteiger partial charge < -0.3 is 10.2 Å². The van der Waals surface area contributed by atoms with Gasteiger partial charge in [0, 0.05) is 0 Å². The second kappa shape index (κ2) is 9.71. The third-order valence-electron chi connectivity index (χ3n) is 8.35. The maximum absolute atomic E-state index is 10.8. The third-order valence-corrected chi connectivity index (χ3v) is 10.0. The van der Waals surface area contributed by atoms with Gasteiger partial charge in [0.1, 0.15) is 11.5 Å². The van der Waals surface area contributed by atoms with E-state index < -0.39 is 0 Å². The molecule has 3 heteroatoms. The lowest BCUT2D eigenvalue weighted by Gasteiger charge is -2.39. The fourth-order valence-corrected chi connectivity index (χ4v) is 8.08. The lowest BCUT2D eigenvalue weighted by molar-refractivity contribution is 0.412. The molecule has 3 aliphatic rings. The van der Waals surface area contributed by atoms with E-state index in [-0.39, 0.29) is 4.75 Å². The second-order valence-electron chi connectivity index (χ2n) is 10.3. The van der Waals surface area contributed by atoms with Gasteiger partial charge in [-0.15, -0.1) is 11.8 Å². The first-order chi connectivity index (χ1) is 15.7. The van der Waals surface area contributed by atoms with E-state index in [2.05, 4.69) is 36.0 Å². The van der Waals surface area contributed by atoms with Crippen molar-refractivity contribution in [3.05, 3.63) is 58.7 Å². The van der Waals surface area contributed by atoms with E-state index in [0.29, 0.717) is 23.3 Å². The molecule has 0 aromatic heterocycles. The Kier molecular flexibility index (Phi) is 6.74. The highest BCUT2D eigenvalue weighted by Gasteiger charge is 2.38. The Balaban J connectivity index is 1.56. The molecule has 0 atom stereocenters. The van der Waals surface area contributed by atoms with Crippen molar-refractivity contribution in [2.45, 2.75) is 100 Å². The minimum absolute atomic E-state index is 0.0769. The molecule has 0 unspecified atom stereocenters. The lowest BCUT2D eigenvalue weighted by atomic mass is 9.78. The van der Waals surface area contributed by atoms with Crippen LogP contribution in [0.1, 0.15) is 118 Å². The van der Waals surface area contributed by atoms with Crippen LogP contribution in [0, 0.1) is 0 Å². The first-order valence-electron chi connectivity index (χ1n) is 13.0. The predicted octanol–water partition coefficient (Wildman–Crippen LogP) is 8.35. The van der Waals surface area contributed by atoms with Gasteiger partial charge in [0.2, 0.25) is 0 Å². The van der Waals surface area contributed by atoms with Gasteiger partial charge in [-0.25, -0.2) is 0 Å². The Bertz CT molecular complexity index is 849. The average Bonchev–Trinajstić information content (AvgIpc) is 2.86. The van der Waals surface area contributed by atoms with Crippen molar-refractivity contribution in [2.75, 3.05) is 5.75 Å². The number of thioether (sulfide) groups is 1. The zero-order chi connectivity index (χ0) is 22.0. The van der Waals surface area contributed by atoms with Crippen molar-refractivity contribution in [2.24, 2.45) is 0 Å². The van der Waals surface area contributed by atoms with Crippen LogP contribution in [0.15, 0.2) is 36.4 Å². The van der Waals surface area contributed by atoms with Crippen molar-refractivity contribution in [1.29, 1.82) is 0 Å². The zero-order valence-corrected chi connectivity index (χ0v) is 20.1. The molecule has 0 amide bonds. The van der Waals surface area contributed by atoms with E-state index in [1.165, 1.54) is 105 Å². The molecule has 172 valence electrons. The molecule has 1 heterocycles. The molecule has 2 aliphatic carbocycles. The number of hydrogen-bond donors (Lipinski definition) is 2. The Morgan fingerprint density at radius 2 is 1.12 bits per heavy atom. The van der Waals surface area contributed by atoms with E-state index in [1.54, 1.807) is 0 Å². The number of phenolic OH excluding ortho intramolecular Hbond substituents is 2. The van der Waals surface area contributed by atoms with Crippen LogP contribution < -0.4 is 0 Å². The van der Waals surface area contributed by atoms with Crippen LogP contribution >= 0.6 is 11.8 Å². The fraction of sp³-hybridized carbons (Fsp3) is 0.586. The zero-order valence-electron chi connectivity index (χ0n) is 19.3. The molecule has 0 spiro atoms. The largest absolute Gasteiger partial charge is 0.508 e. The number of hydrogen-bond acceptors (Lipinski definition) is 3. The summed E-state index contributed by atoms with van der Waals surface area (Å²) in [5, 5.41) is 21.5. The normalized spacial score (nSPS) is 22.6. The summed E-state index contributed by atoms with van der Waals surface area (Å²) in [5.41, 5.74) is 5.03. The van der Waals surface area contributed by atoms with E-state index in [0.717, 1.165) is 6.42 Å². The Labute approximate surface area is 197 Å². The van der Waals surface area contributed by atoms with Crippen LogP contribution in [-0.4, -0.2) is 16.0 Å². The number of rotatable bonds is 4. The maximum atomic E-state index is 10.8. The van der Waals surface area contributed by atoms with Crippen molar-refractivity contribution >= 4 is 11.8 Å². The molecular weight excluding hydrogens is 412 g/mol. The van der Waals surface area contributed by atoms with Crippen molar-refractivity contribution < 1.29 is 10.2 Å². The first-order valence-corrected chi connectivity index (χ1v) is 14.0. The molecule has 0 radical (unpaired) electrons. The summed E-state index contributed by atoms with van der Waals surface area (Å²) < 4.78 is -0.0769. The van der Waals surface area contributed by atoms with Crippen LogP contribution in [0.5, 0.6) is 11.5 Å². The van der Waals surface area contributed by atoms with Gasteiger partial charge in [0.15, 0.2) is 0 Å². The first kappa shape index (κ1) is 22.2. The molecule has 3 fully saturated rings. The van der Waals surface area contributed by atoms with Crippen LogP contribution in [0.4, 0.5) is 0 Å². The van der Waals surface area contributed by atoms with Gasteiger partial charge >= 0.3 is 0 Å². The molecule has 2 N–H and O–H groups in total. The summed E-state index contributed by atoms with van der Waals surface area (Å²) in [6.45, 7) is 0. The molecule has 32 heavy (non-hydrogen) atoms. The molecule has 1 aliphatic heterocycles. The maximum Gasteiger partial charge on any atom is 0.119 e. The smallest absolute Gasteiger partial charge is 0.119 e. The summed E-state index contributed by atoms with van der Waals surface area (Å²) in [6.07, 6.45) is 16.2. The van der Waals surface area contributed by atoms with Crippen molar-refractivity contribution in [3.63, 3.8) is 0 Å². The molecule has 2 nitrogen and oxygen atoms in total. The molecule has 1 saturated heterocycles. The third kappa shape index (κ3) is 4.30. The van der Waals surface area contributed by atoms with Gasteiger partial charge in [0.05, 0.1) is 4.75 Å². The standard InChI is InChI=1S/C29H38O2S/c30-27-15-13-23(19-25(27)21-9-3-1-4-10-21)29(17-7-8-18-32-29)24-14-16-28(31)26(20-24)22-11-5-2-6-12-22/h13-16,19-22,30-31H,1-12,17-18H2. The molecule has 2 aromatic carbocycles. The highest BCUT2D eigenvalue weighted by molar-refractivity contribution is 8.00. The molecule has 5 rings (SSSR count). The molecule has 2 aromatic rings. The van der Waals surface area contributed by atoms with Gasteiger partial charge in [-0.1, -0.05) is 69.2 Å². The monoisotopic (exact) mass is 450 g/mol. The van der Waals surface area contributed by atoms with E-state index in [1.807, 2.05) is 12.1 Å². The summed E-state index contributed by atoms with van der Waals surface area (Å²) >= 11 is 2.08. The van der Waals surface area contributed by atoms with Crippen LogP contribution in [0.25, 0.3) is 0 Å². The summed E-state index contributed by atoms with van der Waals surface area (Å²) in [5.74, 6) is 3.11. The minimum Gasteiger partial charge on any atom is -0.508 e. The summed E-state index contributed by atoms with van der Waals surface area (Å²) in [4.78, 5) is 0. The lowest BCUT2D eigenvalue weighted by Crippen LogP contribution is -2.28. The topological polar surface area (TPSA) is 40.5 Å². The minimum atomic E-state index is -0.0769. The van der Waals surface area contributed by atoms with Crippen LogP contribution in [-0.2, 0) is 4.75 Å². The van der Waals surface area contributed by atoms with Gasteiger partial charge in [-0.05, 0) is 90.5 Å². The Morgan fingerprint density at radius 3 is 1.56 bits per heavy atom. The summed E-state index contributed by atoms with van der Waals surface area (Å²) in [7, 11) is 0. The van der Waals surface area contributed by atoms with E-state index in [4.69, 9.17) is 0 Å². The average molecular weight is 451 g/mol. The number of phenols is 2. The quantitative estimate of drug-likeness (QED) is 0.491.